The van der Waals surface area contributed by atoms with Gasteiger partial charge in [-0.15, -0.1) is 24.0 Å². The van der Waals surface area contributed by atoms with Crippen LogP contribution in [0.2, 0.25) is 0 Å². The maximum Gasteiger partial charge on any atom is 0.387 e. The first-order valence-electron chi connectivity index (χ1n) is 6.92. The fourth-order valence-electron chi connectivity index (χ4n) is 1.91. The van der Waals surface area contributed by atoms with E-state index < -0.39 is 6.61 Å². The predicted octanol–water partition coefficient (Wildman–Crippen LogP) is 4.60. The molecule has 2 aromatic rings. The molecule has 0 heterocycles. The molecule has 25 heavy (non-hydrogen) atoms. The van der Waals surface area contributed by atoms with E-state index in [1.54, 1.807) is 43.5 Å². The van der Waals surface area contributed by atoms with Crippen molar-refractivity contribution in [2.24, 2.45) is 10.7 Å². The van der Waals surface area contributed by atoms with Crippen LogP contribution >= 0.6 is 39.9 Å². The molecule has 0 aliphatic heterocycles. The fraction of sp³-hybridized carbons (Fsp3) is 0.188. The summed E-state index contributed by atoms with van der Waals surface area (Å²) in [6.07, 6.45) is 0. The number of anilines is 1. The Hall–Kier alpha value is -1.62. The quantitative estimate of drug-likeness (QED) is 0.327. The third kappa shape index (κ3) is 7.02. The van der Waals surface area contributed by atoms with Gasteiger partial charge >= 0.3 is 6.61 Å². The van der Waals surface area contributed by atoms with Crippen LogP contribution in [0.4, 0.5) is 14.5 Å². The fourth-order valence-corrected chi connectivity index (χ4v) is 2.32. The number of nitrogens with one attached hydrogen (secondary N) is 1. The van der Waals surface area contributed by atoms with Gasteiger partial charge in [0.1, 0.15) is 11.5 Å². The molecule has 136 valence electrons. The van der Waals surface area contributed by atoms with E-state index in [9.17, 15) is 8.78 Å². The first-order valence-corrected chi connectivity index (χ1v) is 7.71. The van der Waals surface area contributed by atoms with Gasteiger partial charge in [-0.05, 0) is 42.5 Å². The van der Waals surface area contributed by atoms with Crippen LogP contribution in [0, 0.1) is 0 Å². The second-order valence-electron chi connectivity index (χ2n) is 4.69. The lowest BCUT2D eigenvalue weighted by Crippen LogP contribution is -2.22. The van der Waals surface area contributed by atoms with Gasteiger partial charge in [-0.3, -0.25) is 0 Å². The number of nitrogens with two attached hydrogens (primary N) is 1. The molecular formula is C16H17BrF2IN3O2. The Balaban J connectivity index is 0.00000312. The van der Waals surface area contributed by atoms with Crippen molar-refractivity contribution >= 4 is 51.6 Å². The number of ether oxygens (including phenoxy) is 2. The van der Waals surface area contributed by atoms with Gasteiger partial charge in [-0.25, -0.2) is 4.99 Å². The number of aliphatic imine (C=N–C) groups is 1. The molecule has 3 N–H and O–H groups in total. The highest BCUT2D eigenvalue weighted by Crippen LogP contribution is 2.25. The normalized spacial score (nSPS) is 11.0. The van der Waals surface area contributed by atoms with Gasteiger partial charge in [-0.2, -0.15) is 8.78 Å². The maximum absolute atomic E-state index is 12.4. The molecule has 0 aromatic heterocycles. The van der Waals surface area contributed by atoms with E-state index in [-0.39, 0.29) is 42.2 Å². The van der Waals surface area contributed by atoms with Gasteiger partial charge in [0.15, 0.2) is 5.96 Å². The molecule has 0 unspecified atom stereocenters. The molecule has 0 radical (unpaired) electrons. The number of hydrogen-bond acceptors (Lipinski definition) is 3. The summed E-state index contributed by atoms with van der Waals surface area (Å²) >= 11 is 3.29. The lowest BCUT2D eigenvalue weighted by molar-refractivity contribution is -0.0504. The van der Waals surface area contributed by atoms with Crippen molar-refractivity contribution in [2.45, 2.75) is 13.2 Å². The van der Waals surface area contributed by atoms with Gasteiger partial charge in [0.2, 0.25) is 0 Å². The number of nitrogens with zero attached hydrogens (tertiary/aromatic N) is 1. The Kier molecular flexibility index (Phi) is 8.90. The van der Waals surface area contributed by atoms with Gasteiger partial charge in [0.05, 0.1) is 13.7 Å². The first kappa shape index (κ1) is 21.4. The summed E-state index contributed by atoms with van der Waals surface area (Å²) in [4.78, 5) is 4.15. The van der Waals surface area contributed by atoms with E-state index >= 15 is 0 Å². The zero-order valence-corrected chi connectivity index (χ0v) is 17.1. The zero-order valence-electron chi connectivity index (χ0n) is 13.2. The minimum Gasteiger partial charge on any atom is -0.497 e. The number of methoxy groups -OCH3 is 1. The van der Waals surface area contributed by atoms with E-state index in [1.165, 1.54) is 6.07 Å². The van der Waals surface area contributed by atoms with Crippen LogP contribution < -0.4 is 20.5 Å². The van der Waals surface area contributed by atoms with Crippen molar-refractivity contribution in [1.82, 2.24) is 0 Å². The van der Waals surface area contributed by atoms with Crippen molar-refractivity contribution in [3.8, 4) is 11.5 Å². The average molecular weight is 528 g/mol. The van der Waals surface area contributed by atoms with Crippen LogP contribution in [-0.4, -0.2) is 19.7 Å². The molecule has 0 fully saturated rings. The molecule has 0 saturated heterocycles. The molecule has 0 aliphatic carbocycles. The van der Waals surface area contributed by atoms with Crippen molar-refractivity contribution < 1.29 is 18.3 Å². The van der Waals surface area contributed by atoms with Crippen LogP contribution in [0.15, 0.2) is 51.9 Å². The van der Waals surface area contributed by atoms with Crippen LogP contribution in [-0.2, 0) is 6.54 Å². The molecule has 5 nitrogen and oxygen atoms in total. The van der Waals surface area contributed by atoms with Crippen molar-refractivity contribution in [2.75, 3.05) is 12.4 Å². The number of rotatable bonds is 6. The molecule has 0 aliphatic rings. The highest BCUT2D eigenvalue weighted by atomic mass is 127. The average Bonchev–Trinajstić information content (AvgIpc) is 2.55. The van der Waals surface area contributed by atoms with E-state index in [1.807, 2.05) is 0 Å². The first-order chi connectivity index (χ1) is 11.5. The van der Waals surface area contributed by atoms with Crippen LogP contribution in [0.1, 0.15) is 5.56 Å². The second kappa shape index (κ2) is 10.4. The summed E-state index contributed by atoms with van der Waals surface area (Å²) in [5.41, 5.74) is 7.04. The monoisotopic (exact) mass is 527 g/mol. The van der Waals surface area contributed by atoms with Crippen LogP contribution in [0.3, 0.4) is 0 Å². The minimum atomic E-state index is -2.90. The Labute approximate surface area is 169 Å². The third-order valence-electron chi connectivity index (χ3n) is 3.02. The predicted molar refractivity (Wildman–Crippen MR) is 108 cm³/mol. The molecular weight excluding hydrogens is 511 g/mol. The molecule has 0 spiro atoms. The summed E-state index contributed by atoms with van der Waals surface area (Å²) in [7, 11) is 1.58. The summed E-state index contributed by atoms with van der Waals surface area (Å²) in [6.45, 7) is -2.81. The van der Waals surface area contributed by atoms with Crippen molar-refractivity contribution in [1.29, 1.82) is 0 Å². The second-order valence-corrected chi connectivity index (χ2v) is 5.60. The van der Waals surface area contributed by atoms with Gasteiger partial charge in [0, 0.05) is 15.7 Å². The largest absolute Gasteiger partial charge is 0.497 e. The van der Waals surface area contributed by atoms with E-state index in [0.29, 0.717) is 5.56 Å². The summed E-state index contributed by atoms with van der Waals surface area (Å²) in [5, 5.41) is 2.91. The number of guanidine groups is 1. The highest BCUT2D eigenvalue weighted by Gasteiger charge is 2.10. The Morgan fingerprint density at radius 1 is 1.24 bits per heavy atom. The lowest BCUT2D eigenvalue weighted by atomic mass is 10.2. The highest BCUT2D eigenvalue weighted by molar-refractivity contribution is 14.0. The van der Waals surface area contributed by atoms with Crippen molar-refractivity contribution in [3.05, 3.63) is 52.5 Å². The van der Waals surface area contributed by atoms with Crippen molar-refractivity contribution in [3.63, 3.8) is 0 Å². The molecule has 0 saturated carbocycles. The summed E-state index contributed by atoms with van der Waals surface area (Å²) < 4.78 is 35.1. The lowest BCUT2D eigenvalue weighted by Gasteiger charge is -2.10. The molecule has 0 atom stereocenters. The number of benzene rings is 2. The maximum atomic E-state index is 12.4. The Bertz CT molecular complexity index is 715. The van der Waals surface area contributed by atoms with Crippen LogP contribution in [0.5, 0.6) is 11.5 Å². The molecule has 0 amide bonds. The molecule has 0 bridgehead atoms. The molecule has 2 rings (SSSR count). The zero-order chi connectivity index (χ0) is 17.5. The summed E-state index contributed by atoms with van der Waals surface area (Å²) in [6, 6.07) is 11.8. The third-order valence-corrected chi connectivity index (χ3v) is 3.51. The summed E-state index contributed by atoms with van der Waals surface area (Å²) in [5.74, 6) is 0.941. The smallest absolute Gasteiger partial charge is 0.387 e. The SMILES string of the molecule is COc1ccc(NC(N)=NCc2cc(Br)ccc2OC(F)F)cc1.I. The topological polar surface area (TPSA) is 68.9 Å². The van der Waals surface area contributed by atoms with E-state index in [4.69, 9.17) is 10.5 Å². The molecule has 2 aromatic carbocycles. The minimum absolute atomic E-state index is 0. The van der Waals surface area contributed by atoms with Gasteiger partial charge < -0.3 is 20.5 Å². The van der Waals surface area contributed by atoms with Crippen LogP contribution in [0.25, 0.3) is 0 Å². The number of hydrogen-bond donors (Lipinski definition) is 2. The number of halogens is 4. The Morgan fingerprint density at radius 3 is 2.52 bits per heavy atom. The van der Waals surface area contributed by atoms with Gasteiger partial charge in [0.25, 0.3) is 0 Å². The number of alkyl halides is 2. The molecule has 9 heteroatoms. The van der Waals surface area contributed by atoms with E-state index in [0.717, 1.165) is 15.9 Å². The Morgan fingerprint density at radius 2 is 1.92 bits per heavy atom. The standard InChI is InChI=1S/C16H16BrF2N3O2.HI/c1-23-13-5-3-12(4-6-13)22-16(20)21-9-10-8-11(17)2-7-14(10)24-15(18)19;/h2-8,15H,9H2,1H3,(H3,20,21,22);1H. The van der Waals surface area contributed by atoms with E-state index in [2.05, 4.69) is 31.0 Å². The van der Waals surface area contributed by atoms with Gasteiger partial charge in [-0.1, -0.05) is 15.9 Å².